The lowest BCUT2D eigenvalue weighted by molar-refractivity contribution is 0.157. The standard InChI is InChI=1S/C15H22N2/c1-12-6-8-15(9-7-12)17(3)13(2)14-5-4-10-16-11-14/h4-5,10-11,13,15H,1,6-9H2,2-3H3. The van der Waals surface area contributed by atoms with Crippen LogP contribution in [0.25, 0.3) is 0 Å². The molecule has 0 bridgehead atoms. The van der Waals surface area contributed by atoms with Gasteiger partial charge in [-0.05, 0) is 51.3 Å². The Morgan fingerprint density at radius 3 is 2.71 bits per heavy atom. The highest BCUT2D eigenvalue weighted by Gasteiger charge is 2.23. The van der Waals surface area contributed by atoms with Crippen LogP contribution in [0.5, 0.6) is 0 Å². The van der Waals surface area contributed by atoms with Crippen LogP contribution in [0, 0.1) is 0 Å². The summed E-state index contributed by atoms with van der Waals surface area (Å²) in [6, 6.07) is 5.31. The average molecular weight is 230 g/mol. The topological polar surface area (TPSA) is 16.1 Å². The van der Waals surface area contributed by atoms with E-state index in [1.54, 1.807) is 0 Å². The SMILES string of the molecule is C=C1CCC(N(C)C(C)c2cccnc2)CC1. The summed E-state index contributed by atoms with van der Waals surface area (Å²) >= 11 is 0. The first-order valence-corrected chi connectivity index (χ1v) is 6.47. The molecule has 1 heterocycles. The number of aromatic nitrogens is 1. The summed E-state index contributed by atoms with van der Waals surface area (Å²) in [6.07, 6.45) is 8.69. The normalized spacial score (nSPS) is 19.6. The van der Waals surface area contributed by atoms with Crippen molar-refractivity contribution >= 4 is 0 Å². The third-order valence-corrected chi connectivity index (χ3v) is 4.02. The Bertz CT molecular complexity index is 362. The van der Waals surface area contributed by atoms with E-state index in [-0.39, 0.29) is 0 Å². The van der Waals surface area contributed by atoms with Crippen LogP contribution < -0.4 is 0 Å². The van der Waals surface area contributed by atoms with Crippen LogP contribution in [-0.2, 0) is 0 Å². The van der Waals surface area contributed by atoms with Gasteiger partial charge < -0.3 is 0 Å². The Morgan fingerprint density at radius 2 is 2.12 bits per heavy atom. The van der Waals surface area contributed by atoms with Gasteiger partial charge in [-0.15, -0.1) is 0 Å². The molecule has 0 aromatic carbocycles. The van der Waals surface area contributed by atoms with Gasteiger partial charge in [0, 0.05) is 24.5 Å². The predicted octanol–water partition coefficient (Wildman–Crippen LogP) is 3.57. The third-order valence-electron chi connectivity index (χ3n) is 4.02. The molecular formula is C15H22N2. The first-order valence-electron chi connectivity index (χ1n) is 6.47. The Morgan fingerprint density at radius 1 is 1.41 bits per heavy atom. The summed E-state index contributed by atoms with van der Waals surface area (Å²) in [5, 5.41) is 0. The van der Waals surface area contributed by atoms with Gasteiger partial charge in [0.05, 0.1) is 0 Å². The molecular weight excluding hydrogens is 208 g/mol. The average Bonchev–Trinajstić information content (AvgIpc) is 2.39. The fourth-order valence-electron chi connectivity index (χ4n) is 2.59. The second-order valence-corrected chi connectivity index (χ2v) is 5.11. The van der Waals surface area contributed by atoms with Crippen molar-refractivity contribution in [3.05, 3.63) is 42.2 Å². The molecule has 0 aliphatic heterocycles. The van der Waals surface area contributed by atoms with Crippen LogP contribution in [0.1, 0.15) is 44.2 Å². The van der Waals surface area contributed by atoms with Crippen molar-refractivity contribution in [2.45, 2.75) is 44.7 Å². The molecule has 0 amide bonds. The second-order valence-electron chi connectivity index (χ2n) is 5.11. The van der Waals surface area contributed by atoms with Gasteiger partial charge in [-0.25, -0.2) is 0 Å². The van der Waals surface area contributed by atoms with E-state index in [1.165, 1.54) is 36.8 Å². The number of hydrogen-bond donors (Lipinski definition) is 0. The summed E-state index contributed by atoms with van der Waals surface area (Å²) in [4.78, 5) is 6.69. The molecule has 0 spiro atoms. The van der Waals surface area contributed by atoms with E-state index in [2.05, 4.69) is 36.5 Å². The van der Waals surface area contributed by atoms with Crippen molar-refractivity contribution in [3.8, 4) is 0 Å². The van der Waals surface area contributed by atoms with Crippen molar-refractivity contribution in [1.82, 2.24) is 9.88 Å². The summed E-state index contributed by atoms with van der Waals surface area (Å²) in [6.45, 7) is 6.35. The Hall–Kier alpha value is -1.15. The molecule has 1 aromatic rings. The Balaban J connectivity index is 2.00. The maximum absolute atomic E-state index is 4.20. The summed E-state index contributed by atoms with van der Waals surface area (Å²) in [7, 11) is 2.23. The van der Waals surface area contributed by atoms with E-state index < -0.39 is 0 Å². The highest BCUT2D eigenvalue weighted by atomic mass is 15.2. The maximum Gasteiger partial charge on any atom is 0.0335 e. The largest absolute Gasteiger partial charge is 0.297 e. The minimum absolute atomic E-state index is 0.445. The molecule has 17 heavy (non-hydrogen) atoms. The van der Waals surface area contributed by atoms with Gasteiger partial charge >= 0.3 is 0 Å². The zero-order chi connectivity index (χ0) is 12.3. The fraction of sp³-hybridized carbons (Fsp3) is 0.533. The van der Waals surface area contributed by atoms with Crippen molar-refractivity contribution in [3.63, 3.8) is 0 Å². The summed E-state index contributed by atoms with van der Waals surface area (Å²) < 4.78 is 0. The van der Waals surface area contributed by atoms with E-state index >= 15 is 0 Å². The highest BCUT2D eigenvalue weighted by Crippen LogP contribution is 2.29. The second kappa shape index (κ2) is 5.46. The van der Waals surface area contributed by atoms with Gasteiger partial charge in [0.15, 0.2) is 0 Å². The number of nitrogens with zero attached hydrogens (tertiary/aromatic N) is 2. The molecule has 2 rings (SSSR count). The van der Waals surface area contributed by atoms with Gasteiger partial charge in [0.2, 0.25) is 0 Å². The predicted molar refractivity (Wildman–Crippen MR) is 71.8 cm³/mol. The zero-order valence-corrected chi connectivity index (χ0v) is 10.9. The van der Waals surface area contributed by atoms with Gasteiger partial charge in [-0.3, -0.25) is 9.88 Å². The van der Waals surface area contributed by atoms with Crippen LogP contribution >= 0.6 is 0 Å². The molecule has 1 saturated carbocycles. The first-order chi connectivity index (χ1) is 8.18. The van der Waals surface area contributed by atoms with Crippen molar-refractivity contribution in [2.24, 2.45) is 0 Å². The number of hydrogen-bond acceptors (Lipinski definition) is 2. The maximum atomic E-state index is 4.20. The molecule has 1 atom stereocenters. The van der Waals surface area contributed by atoms with Crippen LogP contribution in [0.3, 0.4) is 0 Å². The highest BCUT2D eigenvalue weighted by molar-refractivity contribution is 5.13. The van der Waals surface area contributed by atoms with Crippen LogP contribution in [-0.4, -0.2) is 23.0 Å². The molecule has 0 N–H and O–H groups in total. The quantitative estimate of drug-likeness (QED) is 0.738. The van der Waals surface area contributed by atoms with Crippen LogP contribution in [0.2, 0.25) is 0 Å². The summed E-state index contributed by atoms with van der Waals surface area (Å²) in [5.41, 5.74) is 2.73. The van der Waals surface area contributed by atoms with Crippen LogP contribution in [0.4, 0.5) is 0 Å². The molecule has 2 heteroatoms. The molecule has 1 aliphatic rings. The monoisotopic (exact) mass is 230 g/mol. The van der Waals surface area contributed by atoms with E-state index in [4.69, 9.17) is 0 Å². The molecule has 2 nitrogen and oxygen atoms in total. The Kier molecular flexibility index (Phi) is 3.95. The van der Waals surface area contributed by atoms with Crippen molar-refractivity contribution in [1.29, 1.82) is 0 Å². The van der Waals surface area contributed by atoms with Gasteiger partial charge in [-0.2, -0.15) is 0 Å². The minimum atomic E-state index is 0.445. The van der Waals surface area contributed by atoms with Crippen LogP contribution in [0.15, 0.2) is 36.7 Å². The molecule has 0 saturated heterocycles. The van der Waals surface area contributed by atoms with Crippen molar-refractivity contribution in [2.75, 3.05) is 7.05 Å². The lowest BCUT2D eigenvalue weighted by Crippen LogP contribution is -2.35. The number of allylic oxidation sites excluding steroid dienone is 1. The lowest BCUT2D eigenvalue weighted by atomic mass is 9.90. The van der Waals surface area contributed by atoms with Gasteiger partial charge in [0.25, 0.3) is 0 Å². The smallest absolute Gasteiger partial charge is 0.0335 e. The molecule has 1 aromatic heterocycles. The first kappa shape index (κ1) is 12.3. The molecule has 0 radical (unpaired) electrons. The van der Waals surface area contributed by atoms with Gasteiger partial charge in [-0.1, -0.05) is 18.2 Å². The Labute approximate surface area is 104 Å². The van der Waals surface area contributed by atoms with E-state index in [0.29, 0.717) is 12.1 Å². The van der Waals surface area contributed by atoms with Gasteiger partial charge in [0.1, 0.15) is 0 Å². The molecule has 92 valence electrons. The third kappa shape index (κ3) is 2.95. The molecule has 1 unspecified atom stereocenters. The number of pyridine rings is 1. The van der Waals surface area contributed by atoms with E-state index in [0.717, 1.165) is 0 Å². The molecule has 1 aliphatic carbocycles. The zero-order valence-electron chi connectivity index (χ0n) is 10.9. The van der Waals surface area contributed by atoms with E-state index in [1.807, 2.05) is 18.5 Å². The summed E-state index contributed by atoms with van der Waals surface area (Å²) in [5.74, 6) is 0. The minimum Gasteiger partial charge on any atom is -0.297 e. The molecule has 1 fully saturated rings. The van der Waals surface area contributed by atoms with E-state index in [9.17, 15) is 0 Å². The van der Waals surface area contributed by atoms with Crippen molar-refractivity contribution < 1.29 is 0 Å². The fourth-order valence-corrected chi connectivity index (χ4v) is 2.59. The number of rotatable bonds is 3. The lowest BCUT2D eigenvalue weighted by Gasteiger charge is -2.36.